The highest BCUT2D eigenvalue weighted by molar-refractivity contribution is 6.30. The van der Waals surface area contributed by atoms with E-state index in [1.165, 1.54) is 7.11 Å². The fourth-order valence-corrected chi connectivity index (χ4v) is 3.47. The van der Waals surface area contributed by atoms with Gasteiger partial charge in [0.1, 0.15) is 11.4 Å². The number of aromatic nitrogens is 2. The van der Waals surface area contributed by atoms with E-state index >= 15 is 0 Å². The van der Waals surface area contributed by atoms with Gasteiger partial charge >= 0.3 is 12.0 Å². The zero-order chi connectivity index (χ0) is 23.4. The van der Waals surface area contributed by atoms with E-state index in [-0.39, 0.29) is 23.9 Å². The number of benzene rings is 3. The minimum absolute atomic E-state index is 0.121. The number of aryl methyl sites for hydroxylation is 1. The van der Waals surface area contributed by atoms with Crippen LogP contribution in [0.2, 0.25) is 5.02 Å². The number of rotatable bonds is 7. The molecule has 0 unspecified atom stereocenters. The van der Waals surface area contributed by atoms with Gasteiger partial charge in [0.05, 0.1) is 24.9 Å². The molecule has 0 fully saturated rings. The van der Waals surface area contributed by atoms with E-state index in [4.69, 9.17) is 21.1 Å². The molecule has 0 aliphatic carbocycles. The average molecular weight is 461 g/mol. The second-order valence-corrected chi connectivity index (χ2v) is 7.80. The number of esters is 1. The lowest BCUT2D eigenvalue weighted by molar-refractivity contribution is -0.139. The first-order valence-corrected chi connectivity index (χ1v) is 10.6. The summed E-state index contributed by atoms with van der Waals surface area (Å²) in [6.45, 7) is 1.97. The van der Waals surface area contributed by atoms with E-state index in [0.29, 0.717) is 27.7 Å². The second-order valence-electron chi connectivity index (χ2n) is 7.36. The molecule has 4 rings (SSSR count). The van der Waals surface area contributed by atoms with Crippen LogP contribution in [0.25, 0.3) is 5.69 Å². The lowest BCUT2D eigenvalue weighted by Gasteiger charge is -2.13. The Morgan fingerprint density at radius 2 is 1.61 bits per heavy atom. The maximum atomic E-state index is 13.4. The van der Waals surface area contributed by atoms with Crippen molar-refractivity contribution in [2.24, 2.45) is 0 Å². The zero-order valence-electron chi connectivity index (χ0n) is 18.1. The molecular weight excluding hydrogens is 440 g/mol. The predicted octanol–water partition coefficient (Wildman–Crippen LogP) is 5.57. The van der Waals surface area contributed by atoms with E-state index in [0.717, 1.165) is 5.56 Å². The highest BCUT2D eigenvalue weighted by Gasteiger charge is 2.27. The van der Waals surface area contributed by atoms with Crippen molar-refractivity contribution in [1.82, 2.24) is 9.55 Å². The highest BCUT2D eigenvalue weighted by atomic mass is 35.5. The molecule has 0 aliphatic rings. The van der Waals surface area contributed by atoms with Crippen LogP contribution in [0.3, 0.4) is 0 Å². The Morgan fingerprint density at radius 3 is 2.24 bits per heavy atom. The summed E-state index contributed by atoms with van der Waals surface area (Å²) in [5.74, 6) is -0.328. The van der Waals surface area contributed by atoms with Crippen LogP contribution in [-0.4, -0.2) is 28.4 Å². The van der Waals surface area contributed by atoms with E-state index in [1.54, 1.807) is 53.1 Å². The highest BCUT2D eigenvalue weighted by Crippen LogP contribution is 2.30. The molecular formula is C26H21ClN2O4. The van der Waals surface area contributed by atoms with Gasteiger partial charge in [-0.3, -0.25) is 14.2 Å². The van der Waals surface area contributed by atoms with Gasteiger partial charge in [-0.05, 0) is 43.3 Å². The summed E-state index contributed by atoms with van der Waals surface area (Å²) in [5, 5.41) is 0.565. The third kappa shape index (κ3) is 4.96. The van der Waals surface area contributed by atoms with Crippen molar-refractivity contribution in [2.45, 2.75) is 13.3 Å². The topological polar surface area (TPSA) is 70.4 Å². The first kappa shape index (κ1) is 22.3. The van der Waals surface area contributed by atoms with Crippen molar-refractivity contribution in [2.75, 3.05) is 7.11 Å². The summed E-state index contributed by atoms with van der Waals surface area (Å²) >= 11 is 6.00. The Bertz CT molecular complexity index is 1280. The van der Waals surface area contributed by atoms with Crippen molar-refractivity contribution < 1.29 is 19.1 Å². The summed E-state index contributed by atoms with van der Waals surface area (Å²) < 4.78 is 12.6. The monoisotopic (exact) mass is 460 g/mol. The van der Waals surface area contributed by atoms with Crippen LogP contribution in [0.5, 0.6) is 11.8 Å². The number of nitrogens with zero attached hydrogens (tertiary/aromatic N) is 2. The van der Waals surface area contributed by atoms with Gasteiger partial charge in [0, 0.05) is 10.6 Å². The van der Waals surface area contributed by atoms with E-state index in [2.05, 4.69) is 4.98 Å². The smallest absolute Gasteiger partial charge is 0.311 e. The Kier molecular flexibility index (Phi) is 6.56. The molecule has 0 bridgehead atoms. The maximum absolute atomic E-state index is 13.4. The molecule has 4 aromatic rings. The molecule has 0 saturated heterocycles. The fourth-order valence-electron chi connectivity index (χ4n) is 3.35. The summed E-state index contributed by atoms with van der Waals surface area (Å²) in [5.41, 5.74) is 2.71. The van der Waals surface area contributed by atoms with Crippen LogP contribution < -0.4 is 4.74 Å². The number of hydrogen-bond donors (Lipinski definition) is 0. The summed E-state index contributed by atoms with van der Waals surface area (Å²) in [6.07, 6.45) is -0.157. The van der Waals surface area contributed by atoms with Crippen LogP contribution in [0.1, 0.15) is 27.3 Å². The van der Waals surface area contributed by atoms with Gasteiger partial charge in [-0.1, -0.05) is 59.6 Å². The number of hydrogen-bond acceptors (Lipinski definition) is 5. The van der Waals surface area contributed by atoms with Crippen LogP contribution in [0.15, 0.2) is 78.9 Å². The van der Waals surface area contributed by atoms with Gasteiger partial charge in [-0.25, -0.2) is 0 Å². The minimum atomic E-state index is -0.497. The number of imidazole rings is 1. The Balaban J connectivity index is 1.91. The second kappa shape index (κ2) is 9.71. The Hall–Kier alpha value is -3.90. The molecule has 1 aromatic heterocycles. The van der Waals surface area contributed by atoms with Crippen molar-refractivity contribution in [1.29, 1.82) is 0 Å². The molecule has 6 nitrogen and oxygen atoms in total. The van der Waals surface area contributed by atoms with Gasteiger partial charge in [-0.15, -0.1) is 0 Å². The lowest BCUT2D eigenvalue weighted by atomic mass is 10.1. The number of halogens is 1. The molecule has 0 atom stereocenters. The summed E-state index contributed by atoms with van der Waals surface area (Å²) in [7, 11) is 1.30. The molecule has 33 heavy (non-hydrogen) atoms. The van der Waals surface area contributed by atoms with Gasteiger partial charge in [0.25, 0.3) is 0 Å². The molecule has 1 heterocycles. The number of ketones is 1. The molecule has 0 amide bonds. The van der Waals surface area contributed by atoms with Crippen LogP contribution in [-0.2, 0) is 16.0 Å². The Morgan fingerprint density at radius 1 is 0.939 bits per heavy atom. The number of carbonyl (C=O) groups excluding carboxylic acids is 2. The predicted molar refractivity (Wildman–Crippen MR) is 125 cm³/mol. The van der Waals surface area contributed by atoms with Crippen LogP contribution in [0.4, 0.5) is 0 Å². The van der Waals surface area contributed by atoms with Crippen molar-refractivity contribution in [3.8, 4) is 17.4 Å². The summed E-state index contributed by atoms with van der Waals surface area (Å²) in [6, 6.07) is 23.4. The molecule has 0 saturated carbocycles. The summed E-state index contributed by atoms with van der Waals surface area (Å²) in [4.78, 5) is 30.2. The van der Waals surface area contributed by atoms with Crippen molar-refractivity contribution in [3.05, 3.63) is 106 Å². The number of methoxy groups -OCH3 is 1. The standard InChI is InChI=1S/C26H21ClN2O4/c1-17-8-12-20(13-9-17)29-22(16-23(30)32-2)24(25(31)18-6-4-3-5-7-18)28-26(29)33-21-14-10-19(27)11-15-21/h3-15H,16H2,1-2H3. The largest absolute Gasteiger partial charge is 0.469 e. The maximum Gasteiger partial charge on any atom is 0.311 e. The van der Waals surface area contributed by atoms with Crippen molar-refractivity contribution in [3.63, 3.8) is 0 Å². The molecule has 0 aliphatic heterocycles. The molecule has 166 valence electrons. The van der Waals surface area contributed by atoms with Crippen LogP contribution in [0, 0.1) is 6.92 Å². The first-order chi connectivity index (χ1) is 16.0. The van der Waals surface area contributed by atoms with E-state index < -0.39 is 5.97 Å². The number of carbonyl (C=O) groups is 2. The SMILES string of the molecule is COC(=O)Cc1c(C(=O)c2ccccc2)nc(Oc2ccc(Cl)cc2)n1-c1ccc(C)cc1. The Labute approximate surface area is 196 Å². The third-order valence-corrected chi connectivity index (χ3v) is 5.30. The van der Waals surface area contributed by atoms with Crippen molar-refractivity contribution >= 4 is 23.4 Å². The lowest BCUT2D eigenvalue weighted by Crippen LogP contribution is -2.14. The minimum Gasteiger partial charge on any atom is -0.469 e. The van der Waals surface area contributed by atoms with Crippen LogP contribution >= 0.6 is 11.6 Å². The molecule has 0 radical (unpaired) electrons. The molecule has 0 N–H and O–H groups in total. The van der Waals surface area contributed by atoms with Gasteiger partial charge in [-0.2, -0.15) is 4.98 Å². The normalized spacial score (nSPS) is 10.6. The fraction of sp³-hybridized carbons (Fsp3) is 0.115. The zero-order valence-corrected chi connectivity index (χ0v) is 18.9. The van der Waals surface area contributed by atoms with E-state index in [1.807, 2.05) is 37.3 Å². The van der Waals surface area contributed by atoms with Gasteiger partial charge < -0.3 is 9.47 Å². The molecule has 7 heteroatoms. The average Bonchev–Trinajstić information content (AvgIpc) is 3.18. The van der Waals surface area contributed by atoms with E-state index in [9.17, 15) is 9.59 Å². The van der Waals surface area contributed by atoms with Gasteiger partial charge in [0.15, 0.2) is 0 Å². The third-order valence-electron chi connectivity index (χ3n) is 5.05. The first-order valence-electron chi connectivity index (χ1n) is 10.2. The number of ether oxygens (including phenoxy) is 2. The quantitative estimate of drug-likeness (QED) is 0.266. The molecule has 0 spiro atoms. The van der Waals surface area contributed by atoms with Gasteiger partial charge in [0.2, 0.25) is 5.78 Å². The molecule has 3 aromatic carbocycles.